The fraction of sp³-hybridized carbons (Fsp3) is 0.857. The van der Waals surface area contributed by atoms with Crippen LogP contribution in [0.25, 0.3) is 0 Å². The highest BCUT2D eigenvalue weighted by atomic mass is 35.5. The first-order valence-electron chi connectivity index (χ1n) is 3.87. The maximum Gasteiger partial charge on any atom is 0.506 e. The van der Waals surface area contributed by atoms with Gasteiger partial charge in [-0.1, -0.05) is 6.92 Å². The highest BCUT2D eigenvalue weighted by Gasteiger charge is 2.21. The third-order valence-corrected chi connectivity index (χ3v) is 1.49. The van der Waals surface area contributed by atoms with Gasteiger partial charge in [-0.3, -0.25) is 0 Å². The molecule has 2 N–H and O–H groups in total. The monoisotopic (exact) mass is 212 g/mol. The largest absolute Gasteiger partial charge is 0.506 e. The summed E-state index contributed by atoms with van der Waals surface area (Å²) in [5, 5.41) is 17.5. The van der Waals surface area contributed by atoms with Gasteiger partial charge in [0.05, 0.1) is 6.61 Å². The van der Waals surface area contributed by atoms with E-state index < -0.39 is 18.5 Å². The summed E-state index contributed by atoms with van der Waals surface area (Å²) < 4.78 is 9.14. The topological polar surface area (TPSA) is 76.0 Å². The number of carbonyl (C=O) groups is 1. The van der Waals surface area contributed by atoms with E-state index in [2.05, 4.69) is 4.74 Å². The minimum Gasteiger partial charge on any atom is -0.450 e. The number of ether oxygens (including phenoxy) is 2. The lowest BCUT2D eigenvalue weighted by atomic mass is 10.3. The van der Waals surface area contributed by atoms with Crippen molar-refractivity contribution >= 4 is 17.8 Å². The molecule has 0 aliphatic rings. The van der Waals surface area contributed by atoms with Gasteiger partial charge in [0.2, 0.25) is 0 Å². The number of halogens is 1. The van der Waals surface area contributed by atoms with Crippen molar-refractivity contribution < 1.29 is 24.5 Å². The van der Waals surface area contributed by atoms with Crippen LogP contribution in [0.3, 0.4) is 0 Å². The van der Waals surface area contributed by atoms with E-state index in [1.807, 2.05) is 0 Å². The molecular weight excluding hydrogens is 200 g/mol. The Hall–Kier alpha value is -0.520. The average Bonchev–Trinajstić information content (AvgIpc) is 2.09. The van der Waals surface area contributed by atoms with Crippen LogP contribution in [0.15, 0.2) is 0 Å². The van der Waals surface area contributed by atoms with Crippen molar-refractivity contribution in [3.63, 3.8) is 0 Å². The molecule has 0 heterocycles. The minimum atomic E-state index is -1.43. The van der Waals surface area contributed by atoms with Crippen LogP contribution in [-0.2, 0) is 9.47 Å². The predicted molar refractivity (Wildman–Crippen MR) is 45.9 cm³/mol. The van der Waals surface area contributed by atoms with Crippen molar-refractivity contribution in [3.8, 4) is 0 Å². The van der Waals surface area contributed by atoms with Crippen LogP contribution in [0, 0.1) is 0 Å². The smallest absolute Gasteiger partial charge is 0.450 e. The number of hydrogen-bond donors (Lipinski definition) is 2. The predicted octanol–water partition coefficient (Wildman–Crippen LogP) is 1.03. The highest BCUT2D eigenvalue weighted by molar-refractivity contribution is 6.17. The Morgan fingerprint density at radius 2 is 2.23 bits per heavy atom. The summed E-state index contributed by atoms with van der Waals surface area (Å²) in [4.78, 5) is 10.1. The van der Waals surface area contributed by atoms with Crippen molar-refractivity contribution in [1.82, 2.24) is 0 Å². The zero-order chi connectivity index (χ0) is 10.3. The summed E-state index contributed by atoms with van der Waals surface area (Å²) in [6, 6.07) is 0. The molecule has 13 heavy (non-hydrogen) atoms. The van der Waals surface area contributed by atoms with Crippen molar-refractivity contribution in [3.05, 3.63) is 0 Å². The quantitative estimate of drug-likeness (QED) is 0.391. The van der Waals surface area contributed by atoms with Crippen LogP contribution in [0.4, 0.5) is 4.79 Å². The van der Waals surface area contributed by atoms with Gasteiger partial charge in [0.1, 0.15) is 0 Å². The summed E-state index contributed by atoms with van der Waals surface area (Å²) in [5.74, 6) is 0.237. The standard InChI is InChI=1S/C7H13ClO5/c1-2-5(13-7(10)11)6(9)12-4-3-8/h5-6,9H,2-4H2,1H3,(H,10,11). The number of carboxylic acid groups (broad SMARTS) is 1. The lowest BCUT2D eigenvalue weighted by molar-refractivity contribution is -0.163. The molecule has 0 aromatic heterocycles. The second kappa shape index (κ2) is 6.94. The Balaban J connectivity index is 3.84. The van der Waals surface area contributed by atoms with E-state index in [1.54, 1.807) is 6.92 Å². The third kappa shape index (κ3) is 5.68. The van der Waals surface area contributed by atoms with Gasteiger partial charge < -0.3 is 19.7 Å². The zero-order valence-corrected chi connectivity index (χ0v) is 8.03. The number of hydrogen-bond acceptors (Lipinski definition) is 4. The molecule has 0 spiro atoms. The van der Waals surface area contributed by atoms with Crippen LogP contribution >= 0.6 is 11.6 Å². The van der Waals surface area contributed by atoms with E-state index in [1.165, 1.54) is 0 Å². The second-order valence-electron chi connectivity index (χ2n) is 2.28. The van der Waals surface area contributed by atoms with E-state index in [0.717, 1.165) is 0 Å². The lowest BCUT2D eigenvalue weighted by Crippen LogP contribution is -2.33. The first-order chi connectivity index (χ1) is 6.11. The molecule has 78 valence electrons. The van der Waals surface area contributed by atoms with Crippen LogP contribution in [0.5, 0.6) is 0 Å². The molecular formula is C7H13ClO5. The first-order valence-corrected chi connectivity index (χ1v) is 4.40. The van der Waals surface area contributed by atoms with Gasteiger partial charge in [-0.2, -0.15) is 0 Å². The van der Waals surface area contributed by atoms with Gasteiger partial charge in [-0.15, -0.1) is 11.6 Å². The molecule has 2 unspecified atom stereocenters. The molecule has 6 heteroatoms. The molecule has 0 saturated heterocycles. The fourth-order valence-corrected chi connectivity index (χ4v) is 0.834. The zero-order valence-electron chi connectivity index (χ0n) is 7.27. The van der Waals surface area contributed by atoms with E-state index in [0.29, 0.717) is 6.42 Å². The molecule has 0 aliphatic carbocycles. The third-order valence-electron chi connectivity index (χ3n) is 1.34. The number of alkyl halides is 1. The number of rotatable bonds is 6. The Bertz CT molecular complexity index is 152. The summed E-state index contributed by atoms with van der Waals surface area (Å²) in [5.41, 5.74) is 0. The second-order valence-corrected chi connectivity index (χ2v) is 2.66. The van der Waals surface area contributed by atoms with E-state index >= 15 is 0 Å². The van der Waals surface area contributed by atoms with Crippen molar-refractivity contribution in [1.29, 1.82) is 0 Å². The van der Waals surface area contributed by atoms with Gasteiger partial charge in [0.25, 0.3) is 0 Å². The Labute approximate surface area is 81.2 Å². The van der Waals surface area contributed by atoms with Crippen LogP contribution in [0.1, 0.15) is 13.3 Å². The lowest BCUT2D eigenvalue weighted by Gasteiger charge is -2.19. The SMILES string of the molecule is CCC(OC(=O)O)C(O)OCCCl. The maximum atomic E-state index is 10.1. The van der Waals surface area contributed by atoms with Crippen molar-refractivity contribution in [2.75, 3.05) is 12.5 Å². The fourth-order valence-electron chi connectivity index (χ4n) is 0.745. The normalized spacial score (nSPS) is 15.0. The molecule has 0 aromatic rings. The Morgan fingerprint density at radius 3 is 2.62 bits per heavy atom. The summed E-state index contributed by atoms with van der Waals surface area (Å²) in [6.45, 7) is 1.84. The van der Waals surface area contributed by atoms with Gasteiger partial charge in [-0.25, -0.2) is 4.79 Å². The Morgan fingerprint density at radius 1 is 1.62 bits per heavy atom. The highest BCUT2D eigenvalue weighted by Crippen LogP contribution is 2.06. The minimum absolute atomic E-state index is 0.155. The van der Waals surface area contributed by atoms with E-state index in [9.17, 15) is 9.90 Å². The summed E-state index contributed by atoms with van der Waals surface area (Å²) in [6.07, 6.45) is -3.20. The molecule has 0 rings (SSSR count). The van der Waals surface area contributed by atoms with Crippen LogP contribution in [-0.4, -0.2) is 41.2 Å². The first kappa shape index (κ1) is 12.5. The molecule has 0 amide bonds. The molecule has 0 bridgehead atoms. The maximum absolute atomic E-state index is 10.1. The van der Waals surface area contributed by atoms with Gasteiger partial charge in [-0.05, 0) is 6.42 Å². The molecule has 0 saturated carbocycles. The molecule has 5 nitrogen and oxygen atoms in total. The molecule has 0 fully saturated rings. The molecule has 0 aromatic carbocycles. The van der Waals surface area contributed by atoms with Gasteiger partial charge in [0, 0.05) is 5.88 Å². The van der Waals surface area contributed by atoms with Gasteiger partial charge in [0.15, 0.2) is 12.4 Å². The van der Waals surface area contributed by atoms with Crippen molar-refractivity contribution in [2.45, 2.75) is 25.7 Å². The van der Waals surface area contributed by atoms with E-state index in [-0.39, 0.29) is 12.5 Å². The van der Waals surface area contributed by atoms with E-state index in [4.69, 9.17) is 21.4 Å². The average molecular weight is 213 g/mol. The van der Waals surface area contributed by atoms with Crippen molar-refractivity contribution in [2.24, 2.45) is 0 Å². The number of aliphatic hydroxyl groups is 1. The number of aliphatic hydroxyl groups excluding tert-OH is 1. The summed E-state index contributed by atoms with van der Waals surface area (Å²) >= 11 is 5.31. The van der Waals surface area contributed by atoms with Crippen LogP contribution in [0.2, 0.25) is 0 Å². The van der Waals surface area contributed by atoms with Crippen LogP contribution < -0.4 is 0 Å². The molecule has 0 aliphatic heterocycles. The molecule has 0 radical (unpaired) electrons. The Kier molecular flexibility index (Phi) is 6.66. The van der Waals surface area contributed by atoms with Gasteiger partial charge >= 0.3 is 6.16 Å². The molecule has 2 atom stereocenters. The summed E-state index contributed by atoms with van der Waals surface area (Å²) in [7, 11) is 0.